The molecule has 5 atom stereocenters. The lowest BCUT2D eigenvalue weighted by molar-refractivity contribution is -0.146. The van der Waals surface area contributed by atoms with Gasteiger partial charge >= 0.3 is 0 Å². The van der Waals surface area contributed by atoms with E-state index in [0.29, 0.717) is 51.6 Å². The molecule has 0 spiro atoms. The highest BCUT2D eigenvalue weighted by Gasteiger charge is 2.42. The van der Waals surface area contributed by atoms with Crippen LogP contribution in [0.5, 0.6) is 0 Å². The molecule has 21 heteroatoms. The van der Waals surface area contributed by atoms with Gasteiger partial charge in [0.1, 0.15) is 46.9 Å². The average Bonchev–Trinajstić information content (AvgIpc) is 3.84. The molecule has 10 amide bonds. The van der Waals surface area contributed by atoms with E-state index in [0.717, 1.165) is 51.4 Å². The van der Waals surface area contributed by atoms with Crippen molar-refractivity contribution in [1.29, 1.82) is 0 Å². The summed E-state index contributed by atoms with van der Waals surface area (Å²) in [6.45, 7) is 29.3. The zero-order chi connectivity index (χ0) is 62.1. The first-order valence-corrected chi connectivity index (χ1v) is 30.2. The Kier molecular flexibility index (Phi) is 31.8. The lowest BCUT2D eigenvalue weighted by Crippen LogP contribution is -2.65. The van der Waals surface area contributed by atoms with Gasteiger partial charge in [0.05, 0.1) is 0 Å². The maximum atomic E-state index is 14.6. The van der Waals surface area contributed by atoms with E-state index in [2.05, 4.69) is 56.4 Å². The fraction of sp³-hybridized carbons (Fsp3) is 0.833. The molecule has 466 valence electrons. The van der Waals surface area contributed by atoms with Crippen molar-refractivity contribution in [2.24, 2.45) is 17.8 Å². The Labute approximate surface area is 487 Å². The number of rotatable bonds is 39. The lowest BCUT2D eigenvalue weighted by atomic mass is 9.96. The molecular weight excluding hydrogens is 1030 g/mol. The summed E-state index contributed by atoms with van der Waals surface area (Å²) in [7, 11) is 3.81. The molecule has 1 rings (SSSR count). The topological polar surface area (TPSA) is 277 Å². The molecule has 81 heavy (non-hydrogen) atoms. The Balaban J connectivity index is 3.31. The van der Waals surface area contributed by atoms with Crippen LogP contribution in [0.2, 0.25) is 0 Å². The van der Waals surface area contributed by atoms with E-state index in [1.165, 1.54) is 46.4 Å². The van der Waals surface area contributed by atoms with Crippen molar-refractivity contribution in [3.63, 3.8) is 0 Å². The molecular formula is C60H111N11O10. The number of amides is 10. The van der Waals surface area contributed by atoms with Crippen LogP contribution in [-0.4, -0.2) is 160 Å². The van der Waals surface area contributed by atoms with Crippen molar-refractivity contribution in [3.8, 4) is 0 Å². The van der Waals surface area contributed by atoms with Crippen LogP contribution in [0.3, 0.4) is 0 Å². The van der Waals surface area contributed by atoms with E-state index in [4.69, 9.17) is 0 Å². The molecule has 0 aliphatic carbocycles. The molecule has 0 unspecified atom stereocenters. The maximum Gasteiger partial charge on any atom is 0.246 e. The summed E-state index contributed by atoms with van der Waals surface area (Å²) in [4.78, 5) is 143. The van der Waals surface area contributed by atoms with Crippen LogP contribution < -0.4 is 42.5 Å². The van der Waals surface area contributed by atoms with Crippen molar-refractivity contribution in [1.82, 2.24) is 57.2 Å². The van der Waals surface area contributed by atoms with Gasteiger partial charge in [-0.05, 0) is 132 Å². The predicted octanol–water partition coefficient (Wildman–Crippen LogP) is 5.33. The Bertz CT molecular complexity index is 2060. The number of likely N-dealkylation sites (N-methyl/N-ethyl adjacent to an activating group) is 1. The third kappa shape index (κ3) is 27.1. The minimum Gasteiger partial charge on any atom is -0.354 e. The van der Waals surface area contributed by atoms with E-state index < -0.39 is 93.8 Å². The molecule has 0 aromatic carbocycles. The minimum atomic E-state index is -1.63. The zero-order valence-corrected chi connectivity index (χ0v) is 53.3. The summed E-state index contributed by atoms with van der Waals surface area (Å²) in [5, 5.41) is 22.5. The second-order valence-corrected chi connectivity index (χ2v) is 26.3. The number of hydrogen-bond acceptors (Lipinski definition) is 11. The predicted molar refractivity (Wildman–Crippen MR) is 318 cm³/mol. The van der Waals surface area contributed by atoms with E-state index >= 15 is 0 Å². The van der Waals surface area contributed by atoms with Crippen LogP contribution in [0, 0.1) is 17.8 Å². The minimum absolute atomic E-state index is 0.0164. The van der Waals surface area contributed by atoms with Crippen LogP contribution >= 0.6 is 0 Å². The second kappa shape index (κ2) is 34.9. The van der Waals surface area contributed by atoms with Crippen LogP contribution in [0.1, 0.15) is 220 Å². The highest BCUT2D eigenvalue weighted by Crippen LogP contribution is 2.26. The van der Waals surface area contributed by atoms with E-state index in [1.807, 2.05) is 74.4 Å². The fourth-order valence-electron chi connectivity index (χ4n) is 10.1. The number of hydrogen-bond donors (Lipinski definition) is 8. The number of likely N-dealkylation sites (tertiary alicyclic amines) is 1. The van der Waals surface area contributed by atoms with Crippen LogP contribution in [0.15, 0.2) is 0 Å². The molecule has 1 aliphatic heterocycles. The highest BCUT2D eigenvalue weighted by atomic mass is 16.2. The van der Waals surface area contributed by atoms with E-state index in [9.17, 15) is 47.9 Å². The van der Waals surface area contributed by atoms with Crippen LogP contribution in [-0.2, 0) is 47.9 Å². The number of carbonyl (C=O) groups is 10. The van der Waals surface area contributed by atoms with Gasteiger partial charge in [0, 0.05) is 38.0 Å². The monoisotopic (exact) mass is 1150 g/mol. The number of nitrogens with one attached hydrogen (secondary N) is 8. The van der Waals surface area contributed by atoms with Gasteiger partial charge in [-0.25, -0.2) is 0 Å². The molecule has 0 aromatic heterocycles. The third-order valence-corrected chi connectivity index (χ3v) is 14.3. The first-order valence-electron chi connectivity index (χ1n) is 30.2. The van der Waals surface area contributed by atoms with E-state index in [1.54, 1.807) is 4.90 Å². The molecule has 0 aromatic rings. The van der Waals surface area contributed by atoms with Gasteiger partial charge in [0.25, 0.3) is 0 Å². The summed E-state index contributed by atoms with van der Waals surface area (Å²) in [6.07, 6.45) is 10.8. The molecule has 1 aliphatic rings. The number of unbranched alkanes of at least 4 members (excludes halogenated alkanes) is 7. The van der Waals surface area contributed by atoms with Gasteiger partial charge in [0.15, 0.2) is 0 Å². The standard InChI is InChI=1S/C60H111N11O10/c1-19-21-23-24-25-27-29-46(71(39-72)48-30-28-34-70(48)49(74)31-26-22-20-2)53(78)63-45(37-42(7)8)52(77)66-59(13,14)55(80)64-43(35-40(3)4)50(75)62-44(36-41(5)6)51(76)67-60(15,16)56(81)68-58(11,12)54(79)61-33-32-47(73)65-57(9,10)38-69(17)18/h39-46,48H,19-38H2,1-18H3,(H,61,79)(H,62,75)(H,63,78)(H,64,80)(H,65,73)(H,66,77)(H,67,76)(H,68,81)/t43-,44-,45-,46-,48+/m0/s1. The summed E-state index contributed by atoms with van der Waals surface area (Å²) in [5.74, 6) is -5.05. The summed E-state index contributed by atoms with van der Waals surface area (Å²) < 4.78 is 0. The van der Waals surface area contributed by atoms with Crippen molar-refractivity contribution < 1.29 is 47.9 Å². The SMILES string of the molecule is CCCCCCCC[C@@H](C(=O)N[C@@H](CC(C)C)C(=O)NC(C)(C)C(=O)N[C@@H](CC(C)C)C(=O)N[C@@H](CC(C)C)C(=O)NC(C)(C)C(=O)NC(C)(C)C(=O)NCCC(=O)NC(C)(C)CN(C)C)N(C=O)[C@@H]1CCCN1C(=O)CCCCC. The molecule has 0 saturated carbocycles. The van der Waals surface area contributed by atoms with Crippen molar-refractivity contribution in [2.45, 2.75) is 272 Å². The Hall–Kier alpha value is -5.34. The molecule has 1 saturated heterocycles. The molecule has 1 heterocycles. The first kappa shape index (κ1) is 73.7. The van der Waals surface area contributed by atoms with Crippen molar-refractivity contribution >= 4 is 59.6 Å². The Morgan fingerprint density at radius 2 is 1.02 bits per heavy atom. The molecule has 21 nitrogen and oxygen atoms in total. The molecule has 0 radical (unpaired) electrons. The molecule has 1 fully saturated rings. The summed E-state index contributed by atoms with van der Waals surface area (Å²) in [6, 6.07) is -4.40. The zero-order valence-electron chi connectivity index (χ0n) is 53.3. The maximum absolute atomic E-state index is 14.6. The lowest BCUT2D eigenvalue weighted by Gasteiger charge is -2.38. The van der Waals surface area contributed by atoms with Crippen molar-refractivity contribution in [2.75, 3.05) is 33.7 Å². The highest BCUT2D eigenvalue weighted by molar-refractivity contribution is 5.99. The normalized spacial score (nSPS) is 15.6. The van der Waals surface area contributed by atoms with Gasteiger partial charge in [-0.2, -0.15) is 0 Å². The number of nitrogens with zero attached hydrogens (tertiary/aromatic N) is 3. The smallest absolute Gasteiger partial charge is 0.246 e. The molecule has 8 N–H and O–H groups in total. The molecule has 0 bridgehead atoms. The first-order chi connectivity index (χ1) is 37.5. The largest absolute Gasteiger partial charge is 0.354 e. The third-order valence-electron chi connectivity index (χ3n) is 14.3. The van der Waals surface area contributed by atoms with Gasteiger partial charge < -0.3 is 57.2 Å². The summed E-state index contributed by atoms with van der Waals surface area (Å²) >= 11 is 0. The number of carbonyl (C=O) groups excluding carboxylic acids is 10. The van der Waals surface area contributed by atoms with Crippen LogP contribution in [0.4, 0.5) is 0 Å². The van der Waals surface area contributed by atoms with Gasteiger partial charge in [-0.15, -0.1) is 0 Å². The quantitative estimate of drug-likeness (QED) is 0.0288. The van der Waals surface area contributed by atoms with E-state index in [-0.39, 0.29) is 61.8 Å². The fourth-order valence-corrected chi connectivity index (χ4v) is 10.1. The van der Waals surface area contributed by atoms with Gasteiger partial charge in [-0.1, -0.05) is 107 Å². The van der Waals surface area contributed by atoms with Gasteiger partial charge in [-0.3, -0.25) is 47.9 Å². The summed E-state index contributed by atoms with van der Waals surface area (Å²) in [5.41, 5.74) is -5.15. The second-order valence-electron chi connectivity index (χ2n) is 26.3. The average molecular weight is 1150 g/mol. The Morgan fingerprint density at radius 1 is 0.556 bits per heavy atom. The van der Waals surface area contributed by atoms with Crippen LogP contribution in [0.25, 0.3) is 0 Å². The van der Waals surface area contributed by atoms with Gasteiger partial charge in [0.2, 0.25) is 59.6 Å². The van der Waals surface area contributed by atoms with Crippen molar-refractivity contribution in [3.05, 3.63) is 0 Å². The Morgan fingerprint density at radius 3 is 1.53 bits per heavy atom.